The van der Waals surface area contributed by atoms with E-state index < -0.39 is 23.8 Å². The van der Waals surface area contributed by atoms with Crippen LogP contribution in [0.15, 0.2) is 66.3 Å². The number of aliphatic hydroxyl groups excluding tert-OH is 1. The van der Waals surface area contributed by atoms with Crippen molar-refractivity contribution in [2.24, 2.45) is 5.92 Å². The van der Waals surface area contributed by atoms with E-state index in [1.165, 1.54) is 11.6 Å². The molecule has 6 atom stereocenters. The van der Waals surface area contributed by atoms with Crippen molar-refractivity contribution in [1.82, 2.24) is 0 Å². The molecule has 2 saturated heterocycles. The highest BCUT2D eigenvalue weighted by atomic mass is 16.6. The third-order valence-corrected chi connectivity index (χ3v) is 8.29. The highest BCUT2D eigenvalue weighted by Crippen LogP contribution is 2.59. The Hall–Kier alpha value is -2.97. The summed E-state index contributed by atoms with van der Waals surface area (Å²) < 4.78 is 29.3. The Morgan fingerprint density at radius 2 is 1.76 bits per heavy atom. The van der Waals surface area contributed by atoms with Crippen molar-refractivity contribution in [2.75, 3.05) is 6.61 Å². The molecule has 0 aromatic heterocycles. The van der Waals surface area contributed by atoms with E-state index in [0.717, 1.165) is 29.7 Å². The van der Waals surface area contributed by atoms with Gasteiger partial charge in [-0.25, -0.2) is 4.79 Å². The number of hydrogen-bond donors (Lipinski definition) is 1. The minimum Gasteiger partial charge on any atom is -0.457 e. The lowest BCUT2D eigenvalue weighted by molar-refractivity contribution is -0.162. The molecule has 0 amide bonds. The van der Waals surface area contributed by atoms with E-state index in [-0.39, 0.29) is 23.7 Å². The fraction of sp³-hybridized carbons (Fsp3) is 0.500. The first kappa shape index (κ1) is 29.5. The first-order valence-corrected chi connectivity index (χ1v) is 14.6. The van der Waals surface area contributed by atoms with Crippen LogP contribution >= 0.6 is 0 Å². The van der Waals surface area contributed by atoms with Crippen LogP contribution in [-0.4, -0.2) is 53.3 Å². The van der Waals surface area contributed by atoms with Gasteiger partial charge in [-0.3, -0.25) is 0 Å². The van der Waals surface area contributed by atoms with E-state index >= 15 is 0 Å². The molecule has 1 N–H and O–H groups in total. The zero-order valence-corrected chi connectivity index (χ0v) is 24.7. The van der Waals surface area contributed by atoms with Crippen LogP contribution in [0.1, 0.15) is 65.0 Å². The average Bonchev–Trinajstić information content (AvgIpc) is 3.85. The molecule has 0 bridgehead atoms. The van der Waals surface area contributed by atoms with Crippen LogP contribution in [0.2, 0.25) is 0 Å². The highest BCUT2D eigenvalue weighted by molar-refractivity contribution is 5.87. The van der Waals surface area contributed by atoms with Gasteiger partial charge in [0.25, 0.3) is 0 Å². The van der Waals surface area contributed by atoms with Crippen LogP contribution in [0.5, 0.6) is 11.5 Å². The van der Waals surface area contributed by atoms with E-state index in [9.17, 15) is 9.90 Å². The maximum absolute atomic E-state index is 12.7. The van der Waals surface area contributed by atoms with Gasteiger partial charge in [-0.2, -0.15) is 0 Å². The number of hydrogen-bond acceptors (Lipinski definition) is 7. The van der Waals surface area contributed by atoms with Gasteiger partial charge in [0.1, 0.15) is 28.8 Å². The molecule has 0 radical (unpaired) electrons. The monoisotopic (exact) mass is 562 g/mol. The van der Waals surface area contributed by atoms with E-state index in [1.54, 1.807) is 6.08 Å². The van der Waals surface area contributed by atoms with E-state index in [1.807, 2.05) is 69.3 Å². The predicted molar refractivity (Wildman–Crippen MR) is 157 cm³/mol. The number of carbonyl (C=O) groups is 1. The summed E-state index contributed by atoms with van der Waals surface area (Å²) in [7, 11) is 0. The molecule has 7 heteroatoms. The third-order valence-electron chi connectivity index (χ3n) is 8.29. The number of carbonyl (C=O) groups excluding carboxylic acids is 1. The van der Waals surface area contributed by atoms with Crippen molar-refractivity contribution < 1.29 is 33.6 Å². The molecule has 41 heavy (non-hydrogen) atoms. The molecule has 220 valence electrons. The fourth-order valence-electron chi connectivity index (χ4n) is 5.87. The SMILES string of the molecule is CC(C)=CC[C@@H]1OC1(C)[C@H]1[C@H](O)[C@H](OC(=O)/C=C/c2ccc(Oc3ccc(COC(C)C)cc3)cc2)CC[C@]12CO2. The van der Waals surface area contributed by atoms with Gasteiger partial charge in [0.05, 0.1) is 37.4 Å². The van der Waals surface area contributed by atoms with Gasteiger partial charge in [-0.05, 0) is 95.3 Å². The molecule has 3 aliphatic rings. The lowest BCUT2D eigenvalue weighted by Gasteiger charge is -2.40. The summed E-state index contributed by atoms with van der Waals surface area (Å²) in [6.45, 7) is 11.4. The van der Waals surface area contributed by atoms with Crippen LogP contribution in [0.3, 0.4) is 0 Å². The number of rotatable bonds is 11. The van der Waals surface area contributed by atoms with Crippen molar-refractivity contribution in [3.05, 3.63) is 77.4 Å². The standard InChI is InChI=1S/C34H42O7/c1-22(2)6-16-29-33(5,41-29)32-31(36)28(18-19-34(32)21-38-34)40-30(35)17-11-24-7-12-26(13-8-24)39-27-14-9-25(10-15-27)20-37-23(3)4/h6-15,17,23,28-29,31-32,36H,16,18-21H2,1-5H3/b17-11+/t28-,29+,31-,32-,33?,34+/m1/s1. The maximum atomic E-state index is 12.7. The summed E-state index contributed by atoms with van der Waals surface area (Å²) in [6.07, 6.45) is 6.13. The normalized spacial score (nSPS) is 30.4. The predicted octanol–water partition coefficient (Wildman–Crippen LogP) is 6.38. The topological polar surface area (TPSA) is 90.0 Å². The number of benzene rings is 2. The van der Waals surface area contributed by atoms with E-state index in [0.29, 0.717) is 25.4 Å². The number of allylic oxidation sites excluding steroid dienone is 1. The lowest BCUT2D eigenvalue weighted by Crippen LogP contribution is -2.54. The van der Waals surface area contributed by atoms with Gasteiger partial charge >= 0.3 is 5.97 Å². The van der Waals surface area contributed by atoms with Gasteiger partial charge in [0.15, 0.2) is 0 Å². The van der Waals surface area contributed by atoms with Crippen molar-refractivity contribution in [3.63, 3.8) is 0 Å². The van der Waals surface area contributed by atoms with Crippen LogP contribution < -0.4 is 4.74 Å². The van der Waals surface area contributed by atoms with Gasteiger partial charge in [0, 0.05) is 6.08 Å². The van der Waals surface area contributed by atoms with Gasteiger partial charge < -0.3 is 28.8 Å². The molecule has 7 nitrogen and oxygen atoms in total. The average molecular weight is 563 g/mol. The molecule has 2 aromatic rings. The molecule has 1 spiro atoms. The summed E-state index contributed by atoms with van der Waals surface area (Å²) in [6, 6.07) is 15.3. The number of epoxide rings is 2. The Morgan fingerprint density at radius 3 is 2.37 bits per heavy atom. The van der Waals surface area contributed by atoms with E-state index in [2.05, 4.69) is 19.9 Å². The van der Waals surface area contributed by atoms with Gasteiger partial charge in [-0.15, -0.1) is 0 Å². The lowest BCUT2D eigenvalue weighted by atomic mass is 9.68. The first-order valence-electron chi connectivity index (χ1n) is 14.6. The van der Waals surface area contributed by atoms with E-state index in [4.69, 9.17) is 23.7 Å². The molecule has 2 aromatic carbocycles. The minimum absolute atomic E-state index is 0.0306. The van der Waals surface area contributed by atoms with Crippen molar-refractivity contribution in [3.8, 4) is 11.5 Å². The summed E-state index contributed by atoms with van der Waals surface area (Å²) in [4.78, 5) is 12.7. The molecule has 1 saturated carbocycles. The number of aliphatic hydroxyl groups is 1. The fourth-order valence-corrected chi connectivity index (χ4v) is 5.87. The van der Waals surface area contributed by atoms with Crippen LogP contribution in [0.4, 0.5) is 0 Å². The third kappa shape index (κ3) is 7.09. The van der Waals surface area contributed by atoms with Gasteiger partial charge in [-0.1, -0.05) is 35.9 Å². The summed E-state index contributed by atoms with van der Waals surface area (Å²) in [5, 5.41) is 11.3. The second kappa shape index (κ2) is 12.1. The Bertz CT molecular complexity index is 1250. The quantitative estimate of drug-likeness (QED) is 0.147. The maximum Gasteiger partial charge on any atom is 0.331 e. The zero-order chi connectivity index (χ0) is 29.2. The minimum atomic E-state index is -0.849. The molecule has 3 fully saturated rings. The molecule has 5 rings (SSSR count). The van der Waals surface area contributed by atoms with Crippen molar-refractivity contribution in [1.29, 1.82) is 0 Å². The highest BCUT2D eigenvalue weighted by Gasteiger charge is 2.71. The second-order valence-electron chi connectivity index (χ2n) is 12.2. The van der Waals surface area contributed by atoms with Crippen molar-refractivity contribution in [2.45, 2.75) is 96.1 Å². The van der Waals surface area contributed by atoms with Crippen molar-refractivity contribution >= 4 is 12.0 Å². The smallest absolute Gasteiger partial charge is 0.331 e. The molecule has 2 heterocycles. The molecule has 1 aliphatic carbocycles. The summed E-state index contributed by atoms with van der Waals surface area (Å²) >= 11 is 0. The molecular formula is C34H42O7. The summed E-state index contributed by atoms with van der Waals surface area (Å²) in [5.41, 5.74) is 2.30. The largest absolute Gasteiger partial charge is 0.457 e. The number of esters is 1. The molecule has 2 aliphatic heterocycles. The Kier molecular flexibility index (Phi) is 8.71. The van der Waals surface area contributed by atoms with Gasteiger partial charge in [0.2, 0.25) is 0 Å². The van der Waals surface area contributed by atoms with Crippen LogP contribution in [-0.2, 0) is 30.3 Å². The second-order valence-corrected chi connectivity index (χ2v) is 12.2. The zero-order valence-electron chi connectivity index (χ0n) is 24.7. The molecule has 1 unspecified atom stereocenters. The molecular weight excluding hydrogens is 520 g/mol. The Labute approximate surface area is 243 Å². The first-order chi connectivity index (χ1) is 19.6. The summed E-state index contributed by atoms with van der Waals surface area (Å²) in [5.74, 6) is 0.715. The van der Waals surface area contributed by atoms with Crippen LogP contribution in [0, 0.1) is 5.92 Å². The van der Waals surface area contributed by atoms with Crippen LogP contribution in [0.25, 0.3) is 6.08 Å². The number of ether oxygens (including phenoxy) is 5. The Morgan fingerprint density at radius 1 is 1.10 bits per heavy atom. The Balaban J connectivity index is 1.13.